The van der Waals surface area contributed by atoms with Gasteiger partial charge < -0.3 is 4.74 Å². The first-order valence-electron chi connectivity index (χ1n) is 9.87. The van der Waals surface area contributed by atoms with Crippen molar-refractivity contribution in [2.45, 2.75) is 13.8 Å². The normalized spacial score (nSPS) is 14.9. The van der Waals surface area contributed by atoms with E-state index in [4.69, 9.17) is 32.9 Å². The first-order valence-corrected chi connectivity index (χ1v) is 11.4. The van der Waals surface area contributed by atoms with Crippen molar-refractivity contribution in [2.75, 3.05) is 44.3 Å². The third-order valence-corrected chi connectivity index (χ3v) is 6.88. The minimum Gasteiger partial charge on any atom is -0.379 e. The van der Waals surface area contributed by atoms with E-state index in [-0.39, 0.29) is 5.91 Å². The van der Waals surface area contributed by atoms with Gasteiger partial charge >= 0.3 is 0 Å². The summed E-state index contributed by atoms with van der Waals surface area (Å²) in [6.45, 7) is 8.58. The molecule has 0 N–H and O–H groups in total. The number of halogens is 2. The summed E-state index contributed by atoms with van der Waals surface area (Å²) >= 11 is 13.8. The summed E-state index contributed by atoms with van der Waals surface area (Å²) in [6.07, 6.45) is 0. The summed E-state index contributed by atoms with van der Waals surface area (Å²) in [7, 11) is 0. The van der Waals surface area contributed by atoms with Gasteiger partial charge in [0.05, 0.1) is 23.4 Å². The van der Waals surface area contributed by atoms with Crippen LogP contribution in [0.25, 0.3) is 10.2 Å². The van der Waals surface area contributed by atoms with E-state index in [0.29, 0.717) is 27.3 Å². The van der Waals surface area contributed by atoms with Gasteiger partial charge in [0, 0.05) is 41.8 Å². The number of amides is 1. The predicted octanol–water partition coefficient (Wildman–Crippen LogP) is 5.20. The van der Waals surface area contributed by atoms with Crippen molar-refractivity contribution in [2.24, 2.45) is 0 Å². The molecule has 158 valence electrons. The summed E-state index contributed by atoms with van der Waals surface area (Å²) < 4.78 is 6.51. The molecule has 1 fully saturated rings. The minimum atomic E-state index is -0.152. The van der Waals surface area contributed by atoms with Gasteiger partial charge in [-0.3, -0.25) is 14.6 Å². The van der Waals surface area contributed by atoms with Crippen LogP contribution in [-0.4, -0.2) is 55.2 Å². The van der Waals surface area contributed by atoms with Crippen LogP contribution in [-0.2, 0) is 4.74 Å². The molecule has 5 nitrogen and oxygen atoms in total. The Hall–Kier alpha value is -1.70. The van der Waals surface area contributed by atoms with Gasteiger partial charge in [-0.15, -0.1) is 0 Å². The van der Waals surface area contributed by atoms with E-state index >= 15 is 0 Å². The maximum absolute atomic E-state index is 13.5. The molecule has 0 bridgehead atoms. The molecule has 0 saturated carbocycles. The maximum atomic E-state index is 13.5. The highest BCUT2D eigenvalue weighted by Gasteiger charge is 2.24. The largest absolute Gasteiger partial charge is 0.379 e. The number of aryl methyl sites for hydroxylation is 2. The zero-order chi connectivity index (χ0) is 21.3. The number of anilines is 1. The lowest BCUT2D eigenvalue weighted by Gasteiger charge is -2.29. The minimum absolute atomic E-state index is 0.152. The fraction of sp³-hybridized carbons (Fsp3) is 0.364. The topological polar surface area (TPSA) is 45.7 Å². The monoisotopic (exact) mass is 463 g/mol. The zero-order valence-electron chi connectivity index (χ0n) is 17.0. The molecule has 1 amide bonds. The molecule has 1 aliphatic rings. The number of rotatable bonds is 5. The third-order valence-electron chi connectivity index (χ3n) is 5.40. The number of nitrogens with zero attached hydrogens (tertiary/aromatic N) is 3. The van der Waals surface area contributed by atoms with Crippen LogP contribution < -0.4 is 4.90 Å². The molecule has 1 saturated heterocycles. The van der Waals surface area contributed by atoms with Gasteiger partial charge in [0.2, 0.25) is 0 Å². The van der Waals surface area contributed by atoms with Crippen molar-refractivity contribution >= 4 is 55.8 Å². The molecule has 1 aromatic heterocycles. The standard InChI is InChI=1S/C22H23Cl2N3O2S/c1-14-3-4-19-20(15(14)2)25-22(30-19)27(6-5-26-7-9-29-10-8-26)21(28)16-11-17(23)13-18(24)12-16/h3-4,11-13H,5-10H2,1-2H3. The average molecular weight is 464 g/mol. The molecule has 0 radical (unpaired) electrons. The van der Waals surface area contributed by atoms with E-state index in [1.165, 1.54) is 16.9 Å². The quantitative estimate of drug-likeness (QED) is 0.521. The zero-order valence-corrected chi connectivity index (χ0v) is 19.3. The van der Waals surface area contributed by atoms with Crippen molar-refractivity contribution in [3.63, 3.8) is 0 Å². The molecular formula is C22H23Cl2N3O2S. The number of carbonyl (C=O) groups excluding carboxylic acids is 1. The molecule has 3 aromatic rings. The second kappa shape index (κ2) is 9.20. The van der Waals surface area contributed by atoms with E-state index in [9.17, 15) is 4.79 Å². The Labute approximate surface area is 190 Å². The molecular weight excluding hydrogens is 441 g/mol. The third kappa shape index (κ3) is 4.63. The van der Waals surface area contributed by atoms with Gasteiger partial charge in [-0.2, -0.15) is 0 Å². The maximum Gasteiger partial charge on any atom is 0.260 e. The van der Waals surface area contributed by atoms with Crippen LogP contribution in [0.3, 0.4) is 0 Å². The lowest BCUT2D eigenvalue weighted by Crippen LogP contribution is -2.43. The van der Waals surface area contributed by atoms with E-state index < -0.39 is 0 Å². The van der Waals surface area contributed by atoms with Crippen LogP contribution >= 0.6 is 34.5 Å². The highest BCUT2D eigenvalue weighted by Crippen LogP contribution is 2.33. The summed E-state index contributed by atoms with van der Waals surface area (Å²) in [5.74, 6) is -0.152. The van der Waals surface area contributed by atoms with Crippen molar-refractivity contribution in [3.05, 3.63) is 57.1 Å². The predicted molar refractivity (Wildman–Crippen MR) is 124 cm³/mol. The van der Waals surface area contributed by atoms with Crippen molar-refractivity contribution < 1.29 is 9.53 Å². The SMILES string of the molecule is Cc1ccc2sc(N(CCN3CCOCC3)C(=O)c3cc(Cl)cc(Cl)c3)nc2c1C. The molecule has 0 unspecified atom stereocenters. The summed E-state index contributed by atoms with van der Waals surface area (Å²) in [5, 5.41) is 1.57. The Bertz CT molecular complexity index is 1060. The van der Waals surface area contributed by atoms with Gasteiger partial charge in [0.25, 0.3) is 5.91 Å². The molecule has 30 heavy (non-hydrogen) atoms. The number of fused-ring (bicyclic) bond motifs is 1. The number of carbonyl (C=O) groups is 1. The highest BCUT2D eigenvalue weighted by molar-refractivity contribution is 7.22. The fourth-order valence-electron chi connectivity index (χ4n) is 3.51. The molecule has 4 rings (SSSR count). The van der Waals surface area contributed by atoms with Gasteiger partial charge in [-0.25, -0.2) is 4.98 Å². The second-order valence-electron chi connectivity index (χ2n) is 7.42. The number of aromatic nitrogens is 1. The summed E-state index contributed by atoms with van der Waals surface area (Å²) in [4.78, 5) is 22.4. The molecule has 2 aromatic carbocycles. The Balaban J connectivity index is 1.69. The van der Waals surface area contributed by atoms with Crippen LogP contribution in [0.1, 0.15) is 21.5 Å². The Kier molecular flexibility index (Phi) is 6.60. The Morgan fingerprint density at radius 3 is 2.57 bits per heavy atom. The van der Waals surface area contributed by atoms with Crippen molar-refractivity contribution in [1.29, 1.82) is 0 Å². The number of ether oxygens (including phenoxy) is 1. The smallest absolute Gasteiger partial charge is 0.260 e. The van der Waals surface area contributed by atoms with Gasteiger partial charge in [-0.05, 0) is 49.2 Å². The Morgan fingerprint density at radius 1 is 1.17 bits per heavy atom. The second-order valence-corrected chi connectivity index (χ2v) is 9.30. The number of hydrogen-bond acceptors (Lipinski definition) is 5. The van der Waals surface area contributed by atoms with Gasteiger partial charge in [0.15, 0.2) is 5.13 Å². The van der Waals surface area contributed by atoms with E-state index in [1.54, 1.807) is 23.1 Å². The first kappa shape index (κ1) is 21.5. The lowest BCUT2D eigenvalue weighted by atomic mass is 10.1. The average Bonchev–Trinajstić information content (AvgIpc) is 3.15. The molecule has 0 atom stereocenters. The highest BCUT2D eigenvalue weighted by atomic mass is 35.5. The van der Waals surface area contributed by atoms with Gasteiger partial charge in [0.1, 0.15) is 0 Å². The number of hydrogen-bond donors (Lipinski definition) is 0. The van der Waals surface area contributed by atoms with Crippen LogP contribution in [0.15, 0.2) is 30.3 Å². The number of benzene rings is 2. The van der Waals surface area contributed by atoms with Gasteiger partial charge in [-0.1, -0.05) is 40.6 Å². The molecule has 2 heterocycles. The Morgan fingerprint density at radius 2 is 1.87 bits per heavy atom. The molecule has 8 heteroatoms. The first-order chi connectivity index (χ1) is 14.4. The van der Waals surface area contributed by atoms with E-state index in [0.717, 1.165) is 48.6 Å². The number of thiazole rings is 1. The van der Waals surface area contributed by atoms with Crippen LogP contribution in [0.2, 0.25) is 10.0 Å². The van der Waals surface area contributed by atoms with Crippen LogP contribution in [0.4, 0.5) is 5.13 Å². The molecule has 0 spiro atoms. The molecule has 1 aliphatic heterocycles. The molecule has 0 aliphatic carbocycles. The van der Waals surface area contributed by atoms with Crippen LogP contribution in [0.5, 0.6) is 0 Å². The fourth-order valence-corrected chi connectivity index (χ4v) is 5.09. The lowest BCUT2D eigenvalue weighted by molar-refractivity contribution is 0.0391. The van der Waals surface area contributed by atoms with Crippen molar-refractivity contribution in [3.8, 4) is 0 Å². The van der Waals surface area contributed by atoms with Crippen molar-refractivity contribution in [1.82, 2.24) is 9.88 Å². The summed E-state index contributed by atoms with van der Waals surface area (Å²) in [6, 6.07) is 9.10. The van der Waals surface area contributed by atoms with Crippen LogP contribution in [0, 0.1) is 13.8 Å². The summed E-state index contributed by atoms with van der Waals surface area (Å²) in [5.41, 5.74) is 3.73. The number of morpholine rings is 1. The van der Waals surface area contributed by atoms with E-state index in [2.05, 4.69) is 30.9 Å². The van der Waals surface area contributed by atoms with E-state index in [1.807, 2.05) is 0 Å².